The summed E-state index contributed by atoms with van der Waals surface area (Å²) in [6, 6.07) is 14.9. The van der Waals surface area contributed by atoms with E-state index in [1.165, 1.54) is 0 Å². The van der Waals surface area contributed by atoms with Gasteiger partial charge in [-0.3, -0.25) is 4.79 Å². The van der Waals surface area contributed by atoms with E-state index in [1.54, 1.807) is 30.3 Å². The van der Waals surface area contributed by atoms with Gasteiger partial charge in [0.25, 0.3) is 0 Å². The molecule has 1 atom stereocenters. The largest absolute Gasteiger partial charge is 0.368 e. The molecular weight excluding hydrogens is 266 g/mol. The quantitative estimate of drug-likeness (QED) is 0.804. The average Bonchev–Trinajstić information content (AvgIpc) is 2.45. The van der Waals surface area contributed by atoms with Crippen LogP contribution in [0.1, 0.15) is 17.2 Å². The lowest BCUT2D eigenvalue weighted by molar-refractivity contribution is -0.119. The zero-order chi connectivity index (χ0) is 15.2. The van der Waals surface area contributed by atoms with Crippen LogP contribution in [0.2, 0.25) is 0 Å². The second-order valence-corrected chi connectivity index (χ2v) is 4.71. The van der Waals surface area contributed by atoms with Crippen molar-refractivity contribution in [1.29, 1.82) is 0 Å². The number of amides is 3. The summed E-state index contributed by atoms with van der Waals surface area (Å²) in [5.41, 5.74) is 7.68. The van der Waals surface area contributed by atoms with Gasteiger partial charge >= 0.3 is 6.03 Å². The molecule has 0 fully saturated rings. The summed E-state index contributed by atoms with van der Waals surface area (Å²) in [6.07, 6.45) is 0. The number of benzene rings is 2. The first-order chi connectivity index (χ1) is 10.1. The summed E-state index contributed by atoms with van der Waals surface area (Å²) < 4.78 is 0. The fourth-order valence-corrected chi connectivity index (χ4v) is 1.99. The van der Waals surface area contributed by atoms with Gasteiger partial charge in [-0.05, 0) is 30.2 Å². The predicted molar refractivity (Wildman–Crippen MR) is 81.7 cm³/mol. The molecule has 0 saturated heterocycles. The third-order valence-electron chi connectivity index (χ3n) is 2.97. The summed E-state index contributed by atoms with van der Waals surface area (Å²) in [6.45, 7) is 1.93. The topological polar surface area (TPSA) is 84.2 Å². The maximum atomic E-state index is 12.0. The molecule has 4 N–H and O–H groups in total. The lowest BCUT2D eigenvalue weighted by atomic mass is 10.1. The molecule has 0 aromatic heterocycles. The minimum Gasteiger partial charge on any atom is -0.368 e. The molecule has 0 aliphatic heterocycles. The Morgan fingerprint density at radius 3 is 2.38 bits per heavy atom. The second-order valence-electron chi connectivity index (χ2n) is 4.71. The fraction of sp³-hybridized carbons (Fsp3) is 0.125. The van der Waals surface area contributed by atoms with Crippen LogP contribution in [0.4, 0.5) is 10.5 Å². The minimum atomic E-state index is -0.865. The van der Waals surface area contributed by atoms with Gasteiger partial charge in [-0.1, -0.05) is 42.5 Å². The molecule has 5 nitrogen and oxygen atoms in total. The fourth-order valence-electron chi connectivity index (χ4n) is 1.99. The van der Waals surface area contributed by atoms with E-state index in [0.29, 0.717) is 11.3 Å². The van der Waals surface area contributed by atoms with Crippen LogP contribution in [-0.2, 0) is 4.79 Å². The number of aryl methyl sites for hydroxylation is 1. The average molecular weight is 283 g/mol. The number of nitrogens with two attached hydrogens (primary N) is 1. The van der Waals surface area contributed by atoms with Gasteiger partial charge in [0.05, 0.1) is 0 Å². The molecule has 2 aromatic carbocycles. The van der Waals surface area contributed by atoms with E-state index in [1.807, 2.05) is 31.2 Å². The molecule has 0 aliphatic rings. The molecule has 0 bridgehead atoms. The molecule has 0 heterocycles. The van der Waals surface area contributed by atoms with Crippen LogP contribution in [0.3, 0.4) is 0 Å². The lowest BCUT2D eigenvalue weighted by Gasteiger charge is -2.16. The van der Waals surface area contributed by atoms with Crippen molar-refractivity contribution in [2.45, 2.75) is 13.0 Å². The monoisotopic (exact) mass is 283 g/mol. The summed E-state index contributed by atoms with van der Waals surface area (Å²) in [4.78, 5) is 23.5. The molecule has 0 radical (unpaired) electrons. The smallest absolute Gasteiger partial charge is 0.320 e. The van der Waals surface area contributed by atoms with Gasteiger partial charge in [-0.2, -0.15) is 0 Å². The Morgan fingerprint density at radius 2 is 1.76 bits per heavy atom. The van der Waals surface area contributed by atoms with E-state index >= 15 is 0 Å². The summed E-state index contributed by atoms with van der Waals surface area (Å²) in [7, 11) is 0. The van der Waals surface area contributed by atoms with Crippen LogP contribution in [0.5, 0.6) is 0 Å². The molecule has 21 heavy (non-hydrogen) atoms. The van der Waals surface area contributed by atoms with Crippen molar-refractivity contribution in [2.75, 3.05) is 5.32 Å². The Labute approximate surface area is 123 Å². The predicted octanol–water partition coefficient (Wildman–Crippen LogP) is 2.34. The lowest BCUT2D eigenvalue weighted by Crippen LogP contribution is -2.39. The number of nitrogens with one attached hydrogen (secondary N) is 2. The number of carbonyl (C=O) groups is 2. The highest BCUT2D eigenvalue weighted by molar-refractivity contribution is 5.93. The van der Waals surface area contributed by atoms with Crippen molar-refractivity contribution in [3.63, 3.8) is 0 Å². The summed E-state index contributed by atoms with van der Waals surface area (Å²) in [5.74, 6) is -0.611. The number of carbonyl (C=O) groups excluding carboxylic acids is 2. The molecular formula is C16H17N3O2. The maximum absolute atomic E-state index is 12.0. The molecule has 2 aromatic rings. The van der Waals surface area contributed by atoms with Crippen molar-refractivity contribution >= 4 is 17.6 Å². The van der Waals surface area contributed by atoms with Gasteiger partial charge in [-0.15, -0.1) is 0 Å². The Kier molecular flexibility index (Phi) is 4.56. The Balaban J connectivity index is 2.07. The number of hydrogen-bond donors (Lipinski definition) is 3. The van der Waals surface area contributed by atoms with Gasteiger partial charge in [-0.25, -0.2) is 4.79 Å². The van der Waals surface area contributed by atoms with Crippen LogP contribution in [-0.4, -0.2) is 11.9 Å². The Bertz CT molecular complexity index is 641. The highest BCUT2D eigenvalue weighted by Gasteiger charge is 2.19. The molecule has 0 saturated carbocycles. The van der Waals surface area contributed by atoms with Crippen LogP contribution in [0.25, 0.3) is 0 Å². The molecule has 2 rings (SSSR count). The number of hydrogen-bond acceptors (Lipinski definition) is 2. The van der Waals surface area contributed by atoms with Gasteiger partial charge in [0.15, 0.2) is 0 Å². The summed E-state index contributed by atoms with van der Waals surface area (Å²) in [5, 5.41) is 5.26. The highest BCUT2D eigenvalue weighted by atomic mass is 16.2. The number of urea groups is 1. The SMILES string of the molecule is Cc1cccc(NC(=O)NC(C(N)=O)c2ccccc2)c1. The molecule has 108 valence electrons. The first kappa shape index (κ1) is 14.6. The van der Waals surface area contributed by atoms with E-state index in [4.69, 9.17) is 5.73 Å². The molecule has 0 aliphatic carbocycles. The maximum Gasteiger partial charge on any atom is 0.320 e. The minimum absolute atomic E-state index is 0.478. The zero-order valence-corrected chi connectivity index (χ0v) is 11.7. The van der Waals surface area contributed by atoms with Crippen molar-refractivity contribution < 1.29 is 9.59 Å². The Hall–Kier alpha value is -2.82. The van der Waals surface area contributed by atoms with Crippen molar-refractivity contribution in [2.24, 2.45) is 5.73 Å². The van der Waals surface area contributed by atoms with Gasteiger partial charge in [0, 0.05) is 5.69 Å². The first-order valence-electron chi connectivity index (χ1n) is 6.54. The van der Waals surface area contributed by atoms with Gasteiger partial charge < -0.3 is 16.4 Å². The van der Waals surface area contributed by atoms with Crippen LogP contribution in [0.15, 0.2) is 54.6 Å². The van der Waals surface area contributed by atoms with Crippen LogP contribution < -0.4 is 16.4 Å². The number of rotatable bonds is 4. The van der Waals surface area contributed by atoms with E-state index in [9.17, 15) is 9.59 Å². The van der Waals surface area contributed by atoms with Crippen molar-refractivity contribution in [1.82, 2.24) is 5.32 Å². The Morgan fingerprint density at radius 1 is 1.05 bits per heavy atom. The first-order valence-corrected chi connectivity index (χ1v) is 6.54. The number of primary amides is 1. The number of anilines is 1. The third-order valence-corrected chi connectivity index (χ3v) is 2.97. The normalized spacial score (nSPS) is 11.5. The molecule has 0 spiro atoms. The summed E-state index contributed by atoms with van der Waals surface area (Å²) >= 11 is 0. The van der Waals surface area contributed by atoms with Crippen molar-refractivity contribution in [3.8, 4) is 0 Å². The van der Waals surface area contributed by atoms with Crippen LogP contribution >= 0.6 is 0 Å². The molecule has 3 amide bonds. The van der Waals surface area contributed by atoms with E-state index in [-0.39, 0.29) is 0 Å². The highest BCUT2D eigenvalue weighted by Crippen LogP contribution is 2.13. The van der Waals surface area contributed by atoms with E-state index < -0.39 is 18.0 Å². The van der Waals surface area contributed by atoms with Gasteiger partial charge in [0.1, 0.15) is 6.04 Å². The van der Waals surface area contributed by atoms with E-state index in [0.717, 1.165) is 5.56 Å². The third kappa shape index (κ3) is 4.07. The van der Waals surface area contributed by atoms with Crippen LogP contribution in [0, 0.1) is 6.92 Å². The van der Waals surface area contributed by atoms with E-state index in [2.05, 4.69) is 10.6 Å². The van der Waals surface area contributed by atoms with Gasteiger partial charge in [0.2, 0.25) is 5.91 Å². The standard InChI is InChI=1S/C16H17N3O2/c1-11-6-5-9-13(10-11)18-16(21)19-14(15(17)20)12-7-3-2-4-8-12/h2-10,14H,1H3,(H2,17,20)(H2,18,19,21). The molecule has 1 unspecified atom stereocenters. The second kappa shape index (κ2) is 6.56. The molecule has 5 heteroatoms. The van der Waals surface area contributed by atoms with Crippen molar-refractivity contribution in [3.05, 3.63) is 65.7 Å². The zero-order valence-electron chi connectivity index (χ0n) is 11.7.